The van der Waals surface area contributed by atoms with Crippen LogP contribution in [0.1, 0.15) is 34.8 Å². The molecule has 1 heterocycles. The van der Waals surface area contributed by atoms with Gasteiger partial charge in [0.1, 0.15) is 0 Å². The molecular weight excluding hydrogens is 222 g/mol. The van der Waals surface area contributed by atoms with Crippen LogP contribution < -0.4 is 5.73 Å². The smallest absolute Gasteiger partial charge is 0.0492 e. The summed E-state index contributed by atoms with van der Waals surface area (Å²) in [4.78, 5) is 0. The second-order valence-electron chi connectivity index (χ2n) is 4.88. The maximum atomic E-state index is 6.30. The average Bonchev–Trinajstić information content (AvgIpc) is 2.75. The monoisotopic (exact) mass is 243 g/mol. The quantitative estimate of drug-likeness (QED) is 0.897. The van der Waals surface area contributed by atoms with Crippen LogP contribution in [0, 0.1) is 13.8 Å². The molecule has 0 amide bonds. The Morgan fingerprint density at radius 2 is 2.06 bits per heavy atom. The van der Waals surface area contributed by atoms with E-state index in [1.807, 2.05) is 17.9 Å². The highest BCUT2D eigenvalue weighted by atomic mass is 15.2. The zero-order valence-corrected chi connectivity index (χ0v) is 11.4. The highest BCUT2D eigenvalue weighted by Crippen LogP contribution is 2.22. The standard InChI is InChI=1S/C15H21N3/c1-11-5-4-6-14(12(11)2)15(16)8-7-13-9-10-17-18(13)3/h4-6,9-10,15H,7-8,16H2,1-3H3. The van der Waals surface area contributed by atoms with Crippen molar-refractivity contribution in [1.82, 2.24) is 9.78 Å². The van der Waals surface area contributed by atoms with Crippen molar-refractivity contribution in [3.8, 4) is 0 Å². The Morgan fingerprint density at radius 1 is 1.28 bits per heavy atom. The molecule has 2 rings (SSSR count). The highest BCUT2D eigenvalue weighted by molar-refractivity contribution is 5.35. The number of nitrogens with two attached hydrogens (primary N) is 1. The number of rotatable bonds is 4. The molecule has 2 aromatic rings. The summed E-state index contributed by atoms with van der Waals surface area (Å²) >= 11 is 0. The van der Waals surface area contributed by atoms with Crippen molar-refractivity contribution >= 4 is 0 Å². The van der Waals surface area contributed by atoms with E-state index in [9.17, 15) is 0 Å². The van der Waals surface area contributed by atoms with E-state index in [2.05, 4.69) is 43.2 Å². The van der Waals surface area contributed by atoms with Crippen molar-refractivity contribution in [2.45, 2.75) is 32.7 Å². The molecule has 2 N–H and O–H groups in total. The fourth-order valence-corrected chi connectivity index (χ4v) is 2.28. The summed E-state index contributed by atoms with van der Waals surface area (Å²) < 4.78 is 1.91. The van der Waals surface area contributed by atoms with Crippen LogP contribution >= 0.6 is 0 Å². The Bertz CT molecular complexity index is 528. The first-order valence-corrected chi connectivity index (χ1v) is 6.38. The number of aryl methyl sites for hydroxylation is 3. The van der Waals surface area contributed by atoms with Crippen molar-refractivity contribution in [2.24, 2.45) is 12.8 Å². The normalized spacial score (nSPS) is 12.7. The first kappa shape index (κ1) is 12.8. The number of aromatic nitrogens is 2. The molecular formula is C15H21N3. The Balaban J connectivity index is 2.06. The molecule has 0 saturated heterocycles. The van der Waals surface area contributed by atoms with Gasteiger partial charge in [0, 0.05) is 25.0 Å². The van der Waals surface area contributed by atoms with Crippen LogP contribution in [-0.4, -0.2) is 9.78 Å². The van der Waals surface area contributed by atoms with Gasteiger partial charge in [0.15, 0.2) is 0 Å². The molecule has 0 aliphatic carbocycles. The number of hydrogen-bond donors (Lipinski definition) is 1. The minimum absolute atomic E-state index is 0.0970. The van der Waals surface area contributed by atoms with Gasteiger partial charge in [-0.05, 0) is 49.4 Å². The fourth-order valence-electron chi connectivity index (χ4n) is 2.28. The molecule has 0 fully saturated rings. The maximum absolute atomic E-state index is 6.30. The molecule has 0 aliphatic rings. The second kappa shape index (κ2) is 5.36. The van der Waals surface area contributed by atoms with Gasteiger partial charge in [-0.25, -0.2) is 0 Å². The first-order valence-electron chi connectivity index (χ1n) is 6.38. The van der Waals surface area contributed by atoms with Gasteiger partial charge in [-0.1, -0.05) is 18.2 Å². The van der Waals surface area contributed by atoms with Crippen LogP contribution in [0.4, 0.5) is 0 Å². The lowest BCUT2D eigenvalue weighted by molar-refractivity contribution is 0.611. The first-order chi connectivity index (χ1) is 8.59. The van der Waals surface area contributed by atoms with Crippen LogP contribution in [0.25, 0.3) is 0 Å². The largest absolute Gasteiger partial charge is 0.324 e. The van der Waals surface area contributed by atoms with Gasteiger partial charge in [0.2, 0.25) is 0 Å². The minimum Gasteiger partial charge on any atom is -0.324 e. The summed E-state index contributed by atoms with van der Waals surface area (Å²) in [7, 11) is 1.97. The predicted octanol–water partition coefficient (Wildman–Crippen LogP) is 2.67. The van der Waals surface area contributed by atoms with Crippen molar-refractivity contribution in [2.75, 3.05) is 0 Å². The molecule has 96 valence electrons. The summed E-state index contributed by atoms with van der Waals surface area (Å²) in [5.74, 6) is 0. The van der Waals surface area contributed by atoms with Crippen molar-refractivity contribution in [3.63, 3.8) is 0 Å². The van der Waals surface area contributed by atoms with Gasteiger partial charge in [-0.2, -0.15) is 5.10 Å². The van der Waals surface area contributed by atoms with Crippen LogP contribution in [0.3, 0.4) is 0 Å². The Morgan fingerprint density at radius 3 is 2.72 bits per heavy atom. The SMILES string of the molecule is Cc1cccc(C(N)CCc2ccnn2C)c1C. The molecule has 0 radical (unpaired) electrons. The maximum Gasteiger partial charge on any atom is 0.0492 e. The van der Waals surface area contributed by atoms with E-state index in [1.54, 1.807) is 0 Å². The topological polar surface area (TPSA) is 43.8 Å². The van der Waals surface area contributed by atoms with Crippen molar-refractivity contribution in [3.05, 3.63) is 52.8 Å². The Kier molecular flexibility index (Phi) is 3.82. The number of nitrogens with zero attached hydrogens (tertiary/aromatic N) is 2. The van der Waals surface area contributed by atoms with Gasteiger partial charge < -0.3 is 5.73 Å². The Hall–Kier alpha value is -1.61. The van der Waals surface area contributed by atoms with Crippen LogP contribution in [-0.2, 0) is 13.5 Å². The minimum atomic E-state index is 0.0970. The third-order valence-electron chi connectivity index (χ3n) is 3.68. The van der Waals surface area contributed by atoms with Crippen LogP contribution in [0.2, 0.25) is 0 Å². The third-order valence-corrected chi connectivity index (χ3v) is 3.68. The molecule has 0 saturated carbocycles. The lowest BCUT2D eigenvalue weighted by atomic mass is 9.95. The van der Waals surface area contributed by atoms with E-state index in [1.165, 1.54) is 22.4 Å². The summed E-state index contributed by atoms with van der Waals surface area (Å²) in [6, 6.07) is 8.50. The van der Waals surface area contributed by atoms with E-state index >= 15 is 0 Å². The molecule has 1 aromatic heterocycles. The van der Waals surface area contributed by atoms with Gasteiger partial charge in [-0.15, -0.1) is 0 Å². The highest BCUT2D eigenvalue weighted by Gasteiger charge is 2.11. The summed E-state index contributed by atoms with van der Waals surface area (Å²) in [6.45, 7) is 4.28. The van der Waals surface area contributed by atoms with E-state index in [-0.39, 0.29) is 6.04 Å². The summed E-state index contributed by atoms with van der Waals surface area (Å²) in [5, 5.41) is 4.17. The zero-order valence-electron chi connectivity index (χ0n) is 11.4. The van der Waals surface area contributed by atoms with E-state index in [0.29, 0.717) is 0 Å². The van der Waals surface area contributed by atoms with Crippen molar-refractivity contribution in [1.29, 1.82) is 0 Å². The average molecular weight is 243 g/mol. The lowest BCUT2D eigenvalue weighted by Gasteiger charge is -2.16. The van der Waals surface area contributed by atoms with Gasteiger partial charge in [0.05, 0.1) is 0 Å². The van der Waals surface area contributed by atoms with Crippen LogP contribution in [0.15, 0.2) is 30.5 Å². The van der Waals surface area contributed by atoms with E-state index in [0.717, 1.165) is 12.8 Å². The molecule has 3 nitrogen and oxygen atoms in total. The molecule has 0 aliphatic heterocycles. The summed E-state index contributed by atoms with van der Waals surface area (Å²) in [6.07, 6.45) is 3.74. The zero-order chi connectivity index (χ0) is 13.1. The summed E-state index contributed by atoms with van der Waals surface area (Å²) in [5.41, 5.74) is 11.4. The third kappa shape index (κ3) is 2.62. The number of hydrogen-bond acceptors (Lipinski definition) is 2. The number of benzene rings is 1. The molecule has 1 aromatic carbocycles. The van der Waals surface area contributed by atoms with Crippen molar-refractivity contribution < 1.29 is 0 Å². The lowest BCUT2D eigenvalue weighted by Crippen LogP contribution is -2.14. The van der Waals surface area contributed by atoms with Gasteiger partial charge >= 0.3 is 0 Å². The van der Waals surface area contributed by atoms with Gasteiger partial charge in [0.25, 0.3) is 0 Å². The second-order valence-corrected chi connectivity index (χ2v) is 4.88. The van der Waals surface area contributed by atoms with Crippen LogP contribution in [0.5, 0.6) is 0 Å². The molecule has 18 heavy (non-hydrogen) atoms. The Labute approximate surface area is 109 Å². The predicted molar refractivity (Wildman–Crippen MR) is 74.4 cm³/mol. The molecule has 1 unspecified atom stereocenters. The van der Waals surface area contributed by atoms with E-state index in [4.69, 9.17) is 5.73 Å². The molecule has 3 heteroatoms. The fraction of sp³-hybridized carbons (Fsp3) is 0.400. The van der Waals surface area contributed by atoms with Gasteiger partial charge in [-0.3, -0.25) is 4.68 Å². The van der Waals surface area contributed by atoms with E-state index < -0.39 is 0 Å². The molecule has 0 spiro atoms. The molecule has 1 atom stereocenters. The molecule has 0 bridgehead atoms.